The summed E-state index contributed by atoms with van der Waals surface area (Å²) in [6.45, 7) is 0. The molecule has 0 nitrogen and oxygen atoms in total. The van der Waals surface area contributed by atoms with Crippen LogP contribution in [-0.4, -0.2) is 11.5 Å². The van der Waals surface area contributed by atoms with E-state index in [0.717, 1.165) is 0 Å². The molecule has 6 heteroatoms. The van der Waals surface area contributed by atoms with Crippen LogP contribution in [0.15, 0.2) is 0 Å². The van der Waals surface area contributed by atoms with E-state index in [0.29, 0.717) is 0 Å². The second-order valence-electron chi connectivity index (χ2n) is 0.916. The molecule has 0 aromatic rings. The third-order valence-electron chi connectivity index (χ3n) is 0.430. The van der Waals surface area contributed by atoms with Crippen molar-refractivity contribution in [1.29, 1.82) is 0 Å². The van der Waals surface area contributed by atoms with E-state index in [9.17, 15) is 0 Å². The highest BCUT2D eigenvalue weighted by atomic mass is 33.9. The van der Waals surface area contributed by atoms with Crippen LogP contribution in [0, 0.1) is 0 Å². The SMILES string of the molecule is C1CSSSSSS1. The molecule has 48 valence electrons. The smallest absolute Gasteiger partial charge is 0.0145 e. The molecule has 1 rings (SSSR count). The van der Waals surface area contributed by atoms with Crippen LogP contribution >= 0.6 is 60.9 Å². The van der Waals surface area contributed by atoms with Gasteiger partial charge in [0, 0.05) is 11.5 Å². The summed E-state index contributed by atoms with van der Waals surface area (Å²) >= 11 is 0. The van der Waals surface area contributed by atoms with Gasteiger partial charge in [0.15, 0.2) is 0 Å². The van der Waals surface area contributed by atoms with E-state index in [1.54, 1.807) is 0 Å². The Bertz CT molecular complexity index is 30.5. The Kier molecular flexibility index (Phi) is 6.00. The first-order chi connectivity index (χ1) is 4.00. The lowest BCUT2D eigenvalue weighted by Gasteiger charge is -2.02. The molecule has 0 N–H and O–H groups in total. The Morgan fingerprint density at radius 3 is 1.62 bits per heavy atom. The molecule has 0 aromatic carbocycles. The molecule has 0 radical (unpaired) electrons. The molecule has 0 bridgehead atoms. The molecule has 0 spiro atoms. The van der Waals surface area contributed by atoms with E-state index in [-0.39, 0.29) is 0 Å². The third-order valence-corrected chi connectivity index (χ3v) is 11.6. The Morgan fingerprint density at radius 2 is 1.12 bits per heavy atom. The van der Waals surface area contributed by atoms with Gasteiger partial charge in [-0.1, -0.05) is 21.6 Å². The Balaban J connectivity index is 2.00. The molecule has 0 atom stereocenters. The van der Waals surface area contributed by atoms with Crippen LogP contribution in [0.4, 0.5) is 0 Å². The van der Waals surface area contributed by atoms with Crippen LogP contribution in [0.1, 0.15) is 0 Å². The lowest BCUT2D eigenvalue weighted by Crippen LogP contribution is -1.75. The summed E-state index contributed by atoms with van der Waals surface area (Å²) < 4.78 is 0. The molecule has 8 heavy (non-hydrogen) atoms. The van der Waals surface area contributed by atoms with E-state index < -0.39 is 0 Å². The van der Waals surface area contributed by atoms with E-state index >= 15 is 0 Å². The second kappa shape index (κ2) is 5.85. The Hall–Kier alpha value is 2.10. The summed E-state index contributed by atoms with van der Waals surface area (Å²) in [5, 5.41) is 0. The quantitative estimate of drug-likeness (QED) is 0.562. The molecule has 1 saturated heterocycles. The zero-order valence-electron chi connectivity index (χ0n) is 3.86. The minimum absolute atomic E-state index is 1.29. The van der Waals surface area contributed by atoms with Crippen molar-refractivity contribution in [3.05, 3.63) is 0 Å². The van der Waals surface area contributed by atoms with Gasteiger partial charge < -0.3 is 0 Å². The van der Waals surface area contributed by atoms with E-state index in [1.165, 1.54) is 11.5 Å². The third kappa shape index (κ3) is 4.00. The van der Waals surface area contributed by atoms with Gasteiger partial charge in [0.1, 0.15) is 0 Å². The van der Waals surface area contributed by atoms with Crippen LogP contribution in [0.5, 0.6) is 0 Å². The average Bonchev–Trinajstić information content (AvgIpc) is 1.62. The highest BCUT2D eigenvalue weighted by molar-refractivity contribution is 9.42. The van der Waals surface area contributed by atoms with Crippen molar-refractivity contribution >= 4 is 60.9 Å². The van der Waals surface area contributed by atoms with Crippen LogP contribution < -0.4 is 0 Å². The van der Waals surface area contributed by atoms with Crippen molar-refractivity contribution in [3.63, 3.8) is 0 Å². The zero-order valence-corrected chi connectivity index (χ0v) is 8.76. The molecule has 1 heterocycles. The summed E-state index contributed by atoms with van der Waals surface area (Å²) in [7, 11) is 11.4. The molecule has 0 amide bonds. The molecule has 1 aliphatic rings. The Labute approximate surface area is 71.8 Å². The fraction of sp³-hybridized carbons (Fsp3) is 1.00. The van der Waals surface area contributed by atoms with Crippen molar-refractivity contribution in [2.24, 2.45) is 0 Å². The summed E-state index contributed by atoms with van der Waals surface area (Å²) in [5.41, 5.74) is 0. The summed E-state index contributed by atoms with van der Waals surface area (Å²) in [6.07, 6.45) is 0. The lowest BCUT2D eigenvalue weighted by atomic mass is 11.0. The first kappa shape index (κ1) is 8.20. The fourth-order valence-corrected chi connectivity index (χ4v) is 12.4. The van der Waals surface area contributed by atoms with Gasteiger partial charge in [0.2, 0.25) is 0 Å². The van der Waals surface area contributed by atoms with Crippen molar-refractivity contribution in [2.75, 3.05) is 11.5 Å². The number of hydrogen-bond donors (Lipinski definition) is 0. The highest BCUT2D eigenvalue weighted by Crippen LogP contribution is 2.54. The van der Waals surface area contributed by atoms with Crippen LogP contribution in [0.3, 0.4) is 0 Å². The van der Waals surface area contributed by atoms with E-state index in [4.69, 9.17) is 0 Å². The molecule has 0 unspecified atom stereocenters. The molecule has 1 fully saturated rings. The molecule has 0 aromatic heterocycles. The number of rotatable bonds is 0. The van der Waals surface area contributed by atoms with Crippen LogP contribution in [0.2, 0.25) is 0 Å². The van der Waals surface area contributed by atoms with Crippen molar-refractivity contribution < 1.29 is 0 Å². The van der Waals surface area contributed by atoms with E-state index in [1.807, 2.05) is 60.9 Å². The molecule has 1 aliphatic heterocycles. The first-order valence-corrected chi connectivity index (χ1v) is 9.73. The molecule has 0 saturated carbocycles. The predicted octanol–water partition coefficient (Wildman–Crippen LogP) is 3.97. The molecular formula is C2H4S6. The standard InChI is InChI=1S/C2H4S6/c1-2-4-6-8-7-5-3-1/h1-2H2. The van der Waals surface area contributed by atoms with Crippen LogP contribution in [0.25, 0.3) is 0 Å². The van der Waals surface area contributed by atoms with Crippen molar-refractivity contribution in [3.8, 4) is 0 Å². The second-order valence-corrected chi connectivity index (χ2v) is 10.7. The zero-order chi connectivity index (χ0) is 5.66. The largest absolute Gasteiger partial charge is 0.0808 e. The van der Waals surface area contributed by atoms with Crippen molar-refractivity contribution in [2.45, 2.75) is 0 Å². The van der Waals surface area contributed by atoms with Gasteiger partial charge in [-0.2, -0.15) is 0 Å². The maximum absolute atomic E-state index is 1.95. The lowest BCUT2D eigenvalue weighted by molar-refractivity contribution is 1.58. The van der Waals surface area contributed by atoms with Gasteiger partial charge in [-0.05, 0) is 39.3 Å². The Morgan fingerprint density at radius 1 is 0.625 bits per heavy atom. The fourth-order valence-electron chi connectivity index (χ4n) is 0.198. The maximum Gasteiger partial charge on any atom is 0.0145 e. The predicted molar refractivity (Wildman–Crippen MR) is 55.3 cm³/mol. The number of hydrogen-bond acceptors (Lipinski definition) is 6. The minimum atomic E-state index is 1.29. The van der Waals surface area contributed by atoms with Crippen molar-refractivity contribution in [1.82, 2.24) is 0 Å². The normalized spacial score (nSPS) is 24.0. The highest BCUT2D eigenvalue weighted by Gasteiger charge is 1.99. The van der Waals surface area contributed by atoms with Crippen LogP contribution in [-0.2, 0) is 0 Å². The molecule has 0 aliphatic carbocycles. The van der Waals surface area contributed by atoms with Gasteiger partial charge in [0.25, 0.3) is 0 Å². The van der Waals surface area contributed by atoms with Gasteiger partial charge in [0.05, 0.1) is 0 Å². The topological polar surface area (TPSA) is 0 Å². The van der Waals surface area contributed by atoms with Gasteiger partial charge in [-0.25, -0.2) is 0 Å². The summed E-state index contributed by atoms with van der Waals surface area (Å²) in [5.74, 6) is 2.58. The summed E-state index contributed by atoms with van der Waals surface area (Å²) in [6, 6.07) is 0. The monoisotopic (exact) mass is 220 g/mol. The molecular weight excluding hydrogens is 216 g/mol. The minimum Gasteiger partial charge on any atom is -0.0808 e. The first-order valence-electron chi connectivity index (χ1n) is 1.91. The van der Waals surface area contributed by atoms with Gasteiger partial charge >= 0.3 is 0 Å². The van der Waals surface area contributed by atoms with E-state index in [2.05, 4.69) is 0 Å². The average molecular weight is 220 g/mol. The maximum atomic E-state index is 1.95. The summed E-state index contributed by atoms with van der Waals surface area (Å²) in [4.78, 5) is 0. The van der Waals surface area contributed by atoms with Gasteiger partial charge in [-0.3, -0.25) is 0 Å². The van der Waals surface area contributed by atoms with Gasteiger partial charge in [-0.15, -0.1) is 0 Å².